The third-order valence-electron chi connectivity index (χ3n) is 2.27. The highest BCUT2D eigenvalue weighted by Gasteiger charge is 2.14. The van der Waals surface area contributed by atoms with Crippen molar-refractivity contribution in [2.45, 2.75) is 0 Å². The summed E-state index contributed by atoms with van der Waals surface area (Å²) in [6.07, 6.45) is 0. The van der Waals surface area contributed by atoms with Crippen LogP contribution >= 0.6 is 23.1 Å². The number of hydrogen-bond acceptors (Lipinski definition) is 6. The van der Waals surface area contributed by atoms with E-state index in [4.69, 9.17) is 31.1 Å². The van der Waals surface area contributed by atoms with E-state index >= 15 is 0 Å². The predicted molar refractivity (Wildman–Crippen MR) is 71.5 cm³/mol. The van der Waals surface area contributed by atoms with E-state index in [9.17, 15) is 0 Å². The van der Waals surface area contributed by atoms with Crippen LogP contribution < -0.4 is 14.2 Å². The zero-order chi connectivity index (χ0) is 13.8. The lowest BCUT2D eigenvalue weighted by molar-refractivity contribution is 0.387. The first-order valence-corrected chi connectivity index (χ1v) is 6.29. The molecular formula is C12H9ClN2O3S. The predicted octanol–water partition coefficient (Wildman–Crippen LogP) is 3.48. The van der Waals surface area contributed by atoms with Gasteiger partial charge in [-0.15, -0.1) is 0 Å². The molecule has 0 saturated heterocycles. The minimum Gasteiger partial charge on any atom is -0.496 e. The average Bonchev–Trinajstić information content (AvgIpc) is 2.78. The SMILES string of the molecule is COc1cc(OC)cc(Oc2snc(Cl)c2C#N)c1. The van der Waals surface area contributed by atoms with Crippen molar-refractivity contribution in [2.24, 2.45) is 0 Å². The zero-order valence-electron chi connectivity index (χ0n) is 10.1. The van der Waals surface area contributed by atoms with Gasteiger partial charge in [-0.05, 0) is 0 Å². The number of aromatic nitrogens is 1. The number of halogens is 1. The Labute approximate surface area is 119 Å². The molecule has 0 unspecified atom stereocenters. The second kappa shape index (κ2) is 5.78. The molecule has 0 saturated carbocycles. The maximum atomic E-state index is 8.97. The van der Waals surface area contributed by atoms with E-state index in [-0.39, 0.29) is 10.7 Å². The Balaban J connectivity index is 2.35. The molecule has 98 valence electrons. The summed E-state index contributed by atoms with van der Waals surface area (Å²) < 4.78 is 19.7. The van der Waals surface area contributed by atoms with E-state index in [0.29, 0.717) is 22.3 Å². The normalized spacial score (nSPS) is 9.79. The van der Waals surface area contributed by atoms with E-state index in [1.807, 2.05) is 6.07 Å². The number of nitriles is 1. The average molecular weight is 297 g/mol. The summed E-state index contributed by atoms with van der Waals surface area (Å²) in [5.74, 6) is 1.65. The number of rotatable bonds is 4. The molecule has 19 heavy (non-hydrogen) atoms. The van der Waals surface area contributed by atoms with Crippen molar-refractivity contribution in [1.29, 1.82) is 5.26 Å². The Morgan fingerprint density at radius 3 is 2.26 bits per heavy atom. The molecule has 2 rings (SSSR count). The quantitative estimate of drug-likeness (QED) is 0.864. The summed E-state index contributed by atoms with van der Waals surface area (Å²) in [6, 6.07) is 7.03. The van der Waals surface area contributed by atoms with Gasteiger partial charge in [-0.2, -0.15) is 9.64 Å². The Kier molecular flexibility index (Phi) is 4.10. The maximum absolute atomic E-state index is 8.97. The second-order valence-electron chi connectivity index (χ2n) is 3.40. The van der Waals surface area contributed by atoms with Gasteiger partial charge in [0.25, 0.3) is 0 Å². The Morgan fingerprint density at radius 1 is 1.16 bits per heavy atom. The van der Waals surface area contributed by atoms with Gasteiger partial charge >= 0.3 is 0 Å². The van der Waals surface area contributed by atoms with Gasteiger partial charge in [0.1, 0.15) is 28.9 Å². The highest BCUT2D eigenvalue weighted by Crippen LogP contribution is 2.36. The van der Waals surface area contributed by atoms with Crippen LogP contribution in [0.3, 0.4) is 0 Å². The second-order valence-corrected chi connectivity index (χ2v) is 4.49. The van der Waals surface area contributed by atoms with Gasteiger partial charge in [0, 0.05) is 29.7 Å². The van der Waals surface area contributed by atoms with Crippen molar-refractivity contribution in [3.05, 3.63) is 28.9 Å². The highest BCUT2D eigenvalue weighted by atomic mass is 35.5. The van der Waals surface area contributed by atoms with E-state index < -0.39 is 0 Å². The lowest BCUT2D eigenvalue weighted by Crippen LogP contribution is -1.90. The van der Waals surface area contributed by atoms with Crippen LogP contribution in [0.25, 0.3) is 0 Å². The lowest BCUT2D eigenvalue weighted by Gasteiger charge is -2.08. The molecule has 1 aromatic carbocycles. The fourth-order valence-corrected chi connectivity index (χ4v) is 2.27. The largest absolute Gasteiger partial charge is 0.496 e. The van der Waals surface area contributed by atoms with E-state index in [1.54, 1.807) is 32.4 Å². The van der Waals surface area contributed by atoms with Crippen molar-refractivity contribution < 1.29 is 14.2 Å². The molecule has 2 aromatic rings. The molecule has 1 heterocycles. The van der Waals surface area contributed by atoms with Crippen LogP contribution in [0.1, 0.15) is 5.56 Å². The number of nitrogens with zero attached hydrogens (tertiary/aromatic N) is 2. The van der Waals surface area contributed by atoms with Gasteiger partial charge < -0.3 is 14.2 Å². The topological polar surface area (TPSA) is 64.4 Å². The molecule has 0 N–H and O–H groups in total. The fraction of sp³-hybridized carbons (Fsp3) is 0.167. The van der Waals surface area contributed by atoms with Crippen LogP contribution in [-0.4, -0.2) is 18.6 Å². The molecule has 0 aliphatic rings. The number of methoxy groups -OCH3 is 2. The van der Waals surface area contributed by atoms with Crippen LogP contribution in [0.15, 0.2) is 18.2 Å². The van der Waals surface area contributed by atoms with Crippen LogP contribution in [0.5, 0.6) is 22.3 Å². The van der Waals surface area contributed by atoms with Gasteiger partial charge in [-0.3, -0.25) is 0 Å². The molecule has 1 aromatic heterocycles. The standard InChI is InChI=1S/C12H9ClN2O3S/c1-16-7-3-8(17-2)5-9(4-7)18-12-10(6-14)11(13)15-19-12/h3-5H,1-2H3. The smallest absolute Gasteiger partial charge is 0.219 e. The summed E-state index contributed by atoms with van der Waals surface area (Å²) in [6.45, 7) is 0. The molecular weight excluding hydrogens is 288 g/mol. The first kappa shape index (κ1) is 13.5. The minimum absolute atomic E-state index is 0.136. The van der Waals surface area contributed by atoms with Gasteiger partial charge in [-0.1, -0.05) is 11.6 Å². The summed E-state index contributed by atoms with van der Waals surface area (Å²) in [4.78, 5) is 0. The molecule has 7 heteroatoms. The van der Waals surface area contributed by atoms with E-state index in [1.165, 1.54) is 0 Å². The van der Waals surface area contributed by atoms with Gasteiger partial charge in [0.15, 0.2) is 5.15 Å². The fourth-order valence-electron chi connectivity index (χ4n) is 1.37. The molecule has 0 fully saturated rings. The summed E-state index contributed by atoms with van der Waals surface area (Å²) in [7, 11) is 3.09. The first-order chi connectivity index (χ1) is 9.17. The molecule has 5 nitrogen and oxygen atoms in total. The molecule has 0 radical (unpaired) electrons. The van der Waals surface area contributed by atoms with Gasteiger partial charge in [0.05, 0.1) is 14.2 Å². The number of hydrogen-bond donors (Lipinski definition) is 0. The maximum Gasteiger partial charge on any atom is 0.219 e. The number of benzene rings is 1. The van der Waals surface area contributed by atoms with Gasteiger partial charge in [0.2, 0.25) is 5.06 Å². The minimum atomic E-state index is 0.136. The molecule has 0 bridgehead atoms. The molecule has 0 aliphatic heterocycles. The van der Waals surface area contributed by atoms with Crippen molar-refractivity contribution in [2.75, 3.05) is 14.2 Å². The zero-order valence-corrected chi connectivity index (χ0v) is 11.7. The summed E-state index contributed by atoms with van der Waals surface area (Å²) in [5, 5.41) is 9.44. The first-order valence-electron chi connectivity index (χ1n) is 5.14. The van der Waals surface area contributed by atoms with E-state index in [0.717, 1.165) is 11.5 Å². The lowest BCUT2D eigenvalue weighted by atomic mass is 10.3. The molecule has 0 spiro atoms. The summed E-state index contributed by atoms with van der Waals surface area (Å²) in [5.41, 5.74) is 0.216. The third-order valence-corrected chi connectivity index (χ3v) is 3.37. The van der Waals surface area contributed by atoms with E-state index in [2.05, 4.69) is 4.37 Å². The Bertz CT molecular complexity index is 614. The molecule has 0 atom stereocenters. The highest BCUT2D eigenvalue weighted by molar-refractivity contribution is 7.08. The molecule has 0 amide bonds. The van der Waals surface area contributed by atoms with Crippen molar-refractivity contribution in [3.63, 3.8) is 0 Å². The summed E-state index contributed by atoms with van der Waals surface area (Å²) >= 11 is 6.79. The van der Waals surface area contributed by atoms with Crippen molar-refractivity contribution in [3.8, 4) is 28.4 Å². The van der Waals surface area contributed by atoms with Crippen LogP contribution in [0, 0.1) is 11.3 Å². The third kappa shape index (κ3) is 2.89. The van der Waals surface area contributed by atoms with Crippen LogP contribution in [-0.2, 0) is 0 Å². The van der Waals surface area contributed by atoms with Crippen LogP contribution in [0.4, 0.5) is 0 Å². The Hall–Kier alpha value is -1.97. The monoisotopic (exact) mass is 296 g/mol. The van der Waals surface area contributed by atoms with Gasteiger partial charge in [-0.25, -0.2) is 0 Å². The number of ether oxygens (including phenoxy) is 3. The van der Waals surface area contributed by atoms with Crippen molar-refractivity contribution in [1.82, 2.24) is 4.37 Å². The van der Waals surface area contributed by atoms with Crippen molar-refractivity contribution >= 4 is 23.1 Å². The van der Waals surface area contributed by atoms with Crippen LogP contribution in [0.2, 0.25) is 5.15 Å². The Morgan fingerprint density at radius 2 is 1.74 bits per heavy atom. The molecule has 0 aliphatic carbocycles.